The maximum atomic E-state index is 11.3. The molecular weight excluding hydrogens is 190 g/mol. The molecule has 76 valence electrons. The number of hydrogen-bond donors (Lipinski definition) is 2. The van der Waals surface area contributed by atoms with Gasteiger partial charge in [0, 0.05) is 5.56 Å². The van der Waals surface area contributed by atoms with Crippen molar-refractivity contribution >= 4 is 5.69 Å². The first-order valence-electron chi connectivity index (χ1n) is 4.59. The molecular formula is C11H11N3O. The minimum atomic E-state index is -0.351. The Morgan fingerprint density at radius 1 is 1.27 bits per heavy atom. The van der Waals surface area contributed by atoms with Crippen molar-refractivity contribution < 1.29 is 0 Å². The van der Waals surface area contributed by atoms with E-state index in [4.69, 9.17) is 5.73 Å². The number of rotatable bonds is 1. The molecule has 0 bridgehead atoms. The summed E-state index contributed by atoms with van der Waals surface area (Å²) in [6.45, 7) is 1.97. The summed E-state index contributed by atoms with van der Waals surface area (Å²) in [4.78, 5) is 11.3. The molecule has 0 fully saturated rings. The van der Waals surface area contributed by atoms with E-state index in [1.165, 1.54) is 0 Å². The maximum absolute atomic E-state index is 11.3. The van der Waals surface area contributed by atoms with Crippen molar-refractivity contribution in [2.75, 3.05) is 5.73 Å². The molecule has 2 rings (SSSR count). The molecule has 3 N–H and O–H groups in total. The average Bonchev–Trinajstić information content (AvgIpc) is 2.23. The lowest BCUT2D eigenvalue weighted by molar-refractivity contribution is 0.995. The van der Waals surface area contributed by atoms with Gasteiger partial charge in [-0.05, 0) is 18.1 Å². The van der Waals surface area contributed by atoms with Gasteiger partial charge in [-0.25, -0.2) is 5.10 Å². The number of aromatic amines is 1. The summed E-state index contributed by atoms with van der Waals surface area (Å²) in [6.07, 6.45) is 1.57. The van der Waals surface area contributed by atoms with Crippen molar-refractivity contribution in [1.29, 1.82) is 0 Å². The van der Waals surface area contributed by atoms with Gasteiger partial charge in [-0.15, -0.1) is 0 Å². The molecule has 2 aromatic rings. The van der Waals surface area contributed by atoms with Gasteiger partial charge in [-0.3, -0.25) is 4.79 Å². The molecule has 0 aliphatic rings. The number of H-pyrrole nitrogens is 1. The fourth-order valence-electron chi connectivity index (χ4n) is 1.50. The standard InChI is InChI=1S/C11H11N3O/c1-7-4-2-3-5-8(7)9-6-13-14-11(15)10(9)12/h2-6H,1H3,(H2,12,13)(H,14,15). The van der Waals surface area contributed by atoms with Crippen LogP contribution in [0.25, 0.3) is 11.1 Å². The molecule has 0 amide bonds. The second kappa shape index (κ2) is 3.57. The first kappa shape index (κ1) is 9.45. The van der Waals surface area contributed by atoms with Gasteiger partial charge in [-0.1, -0.05) is 24.3 Å². The number of nitrogens with two attached hydrogens (primary N) is 1. The van der Waals surface area contributed by atoms with Gasteiger partial charge in [0.2, 0.25) is 0 Å². The first-order chi connectivity index (χ1) is 7.20. The molecule has 0 radical (unpaired) electrons. The largest absolute Gasteiger partial charge is 0.394 e. The van der Waals surface area contributed by atoms with E-state index >= 15 is 0 Å². The first-order valence-corrected chi connectivity index (χ1v) is 4.59. The summed E-state index contributed by atoms with van der Waals surface area (Å²) in [6, 6.07) is 7.73. The molecule has 1 heterocycles. The van der Waals surface area contributed by atoms with Gasteiger partial charge in [0.05, 0.1) is 6.20 Å². The summed E-state index contributed by atoms with van der Waals surface area (Å²) < 4.78 is 0. The Labute approximate surface area is 86.8 Å². The molecule has 4 nitrogen and oxygen atoms in total. The summed E-state index contributed by atoms with van der Waals surface area (Å²) >= 11 is 0. The molecule has 15 heavy (non-hydrogen) atoms. The Hall–Kier alpha value is -2.10. The number of nitrogens with zero attached hydrogens (tertiary/aromatic N) is 1. The maximum Gasteiger partial charge on any atom is 0.287 e. The van der Waals surface area contributed by atoms with E-state index < -0.39 is 0 Å². The Kier molecular flexibility index (Phi) is 2.25. The van der Waals surface area contributed by atoms with Gasteiger partial charge in [0.25, 0.3) is 5.56 Å². The van der Waals surface area contributed by atoms with Crippen LogP contribution in [0, 0.1) is 6.92 Å². The number of benzene rings is 1. The third-order valence-corrected chi connectivity index (χ3v) is 2.33. The van der Waals surface area contributed by atoms with Crippen molar-refractivity contribution in [2.45, 2.75) is 6.92 Å². The van der Waals surface area contributed by atoms with Crippen LogP contribution in [0.4, 0.5) is 5.69 Å². The highest BCUT2D eigenvalue weighted by molar-refractivity contribution is 5.76. The lowest BCUT2D eigenvalue weighted by Gasteiger charge is -2.06. The molecule has 0 aliphatic heterocycles. The van der Waals surface area contributed by atoms with Crippen LogP contribution >= 0.6 is 0 Å². The molecule has 4 heteroatoms. The number of nitrogen functional groups attached to an aromatic ring is 1. The summed E-state index contributed by atoms with van der Waals surface area (Å²) in [5.41, 5.74) is 8.24. The summed E-state index contributed by atoms with van der Waals surface area (Å²) in [5.74, 6) is 0. The molecule has 0 aliphatic carbocycles. The molecule has 1 aromatic carbocycles. The average molecular weight is 201 g/mol. The van der Waals surface area contributed by atoms with Crippen molar-refractivity contribution in [1.82, 2.24) is 10.2 Å². The number of aromatic nitrogens is 2. The van der Waals surface area contributed by atoms with Crippen LogP contribution in [0.1, 0.15) is 5.56 Å². The van der Waals surface area contributed by atoms with Crippen molar-refractivity contribution in [3.05, 3.63) is 46.4 Å². The van der Waals surface area contributed by atoms with Gasteiger partial charge in [-0.2, -0.15) is 5.10 Å². The van der Waals surface area contributed by atoms with Gasteiger partial charge < -0.3 is 5.73 Å². The zero-order valence-electron chi connectivity index (χ0n) is 8.32. The molecule has 0 saturated carbocycles. The highest BCUT2D eigenvalue weighted by Gasteiger charge is 2.07. The SMILES string of the molecule is Cc1ccccc1-c1cn[nH]c(=O)c1N. The smallest absolute Gasteiger partial charge is 0.287 e. The second-order valence-electron chi connectivity index (χ2n) is 3.34. The molecule has 0 unspecified atom stereocenters. The second-order valence-corrected chi connectivity index (χ2v) is 3.34. The van der Waals surface area contributed by atoms with Crippen molar-refractivity contribution in [2.24, 2.45) is 0 Å². The van der Waals surface area contributed by atoms with Crippen LogP contribution in [0.5, 0.6) is 0 Å². The van der Waals surface area contributed by atoms with E-state index in [9.17, 15) is 4.79 Å². The minimum Gasteiger partial charge on any atom is -0.394 e. The normalized spacial score (nSPS) is 10.2. The van der Waals surface area contributed by atoms with E-state index in [0.29, 0.717) is 5.56 Å². The number of nitrogens with one attached hydrogen (secondary N) is 1. The predicted molar refractivity (Wildman–Crippen MR) is 59.4 cm³/mol. The molecule has 0 spiro atoms. The van der Waals surface area contributed by atoms with Crippen LogP contribution in [-0.2, 0) is 0 Å². The third-order valence-electron chi connectivity index (χ3n) is 2.33. The highest BCUT2D eigenvalue weighted by Crippen LogP contribution is 2.24. The zero-order valence-corrected chi connectivity index (χ0v) is 8.32. The number of hydrogen-bond acceptors (Lipinski definition) is 3. The van der Waals surface area contributed by atoms with E-state index in [0.717, 1.165) is 11.1 Å². The van der Waals surface area contributed by atoms with Crippen LogP contribution < -0.4 is 11.3 Å². The number of anilines is 1. The Morgan fingerprint density at radius 3 is 2.73 bits per heavy atom. The van der Waals surface area contributed by atoms with Crippen LogP contribution in [-0.4, -0.2) is 10.2 Å². The Balaban J connectivity index is 2.70. The lowest BCUT2D eigenvalue weighted by atomic mass is 10.0. The predicted octanol–water partition coefficient (Wildman–Crippen LogP) is 1.33. The van der Waals surface area contributed by atoms with Gasteiger partial charge >= 0.3 is 0 Å². The van der Waals surface area contributed by atoms with E-state index in [1.807, 2.05) is 31.2 Å². The molecule has 1 aromatic heterocycles. The lowest BCUT2D eigenvalue weighted by Crippen LogP contribution is -2.14. The van der Waals surface area contributed by atoms with E-state index in [1.54, 1.807) is 6.20 Å². The highest BCUT2D eigenvalue weighted by atomic mass is 16.1. The monoisotopic (exact) mass is 201 g/mol. The number of aryl methyl sites for hydroxylation is 1. The summed E-state index contributed by atoms with van der Waals surface area (Å²) in [7, 11) is 0. The third kappa shape index (κ3) is 1.61. The fraction of sp³-hybridized carbons (Fsp3) is 0.0909. The van der Waals surface area contributed by atoms with Gasteiger partial charge in [0.15, 0.2) is 0 Å². The van der Waals surface area contributed by atoms with Gasteiger partial charge in [0.1, 0.15) is 5.69 Å². The van der Waals surface area contributed by atoms with Crippen molar-refractivity contribution in [3.63, 3.8) is 0 Å². The van der Waals surface area contributed by atoms with Crippen LogP contribution in [0.2, 0.25) is 0 Å². The zero-order chi connectivity index (χ0) is 10.8. The topological polar surface area (TPSA) is 71.8 Å². The molecule has 0 atom stereocenters. The fourth-order valence-corrected chi connectivity index (χ4v) is 1.50. The van der Waals surface area contributed by atoms with E-state index in [-0.39, 0.29) is 11.2 Å². The Bertz CT molecular complexity index is 546. The minimum absolute atomic E-state index is 0.208. The van der Waals surface area contributed by atoms with Crippen molar-refractivity contribution in [3.8, 4) is 11.1 Å². The van der Waals surface area contributed by atoms with Crippen LogP contribution in [0.15, 0.2) is 35.3 Å². The van der Waals surface area contributed by atoms with Crippen LogP contribution in [0.3, 0.4) is 0 Å². The Morgan fingerprint density at radius 2 is 2.00 bits per heavy atom. The molecule has 0 saturated heterocycles. The summed E-state index contributed by atoms with van der Waals surface area (Å²) in [5, 5.41) is 6.04. The van der Waals surface area contributed by atoms with E-state index in [2.05, 4.69) is 10.2 Å². The quantitative estimate of drug-likeness (QED) is 0.731.